The van der Waals surface area contributed by atoms with Gasteiger partial charge in [-0.15, -0.1) is 0 Å². The zero-order chi connectivity index (χ0) is 17.9. The van der Waals surface area contributed by atoms with Gasteiger partial charge in [0.15, 0.2) is 6.29 Å². The highest BCUT2D eigenvalue weighted by Crippen LogP contribution is 2.40. The number of imide groups is 1. The van der Waals surface area contributed by atoms with E-state index in [1.165, 1.54) is 0 Å². The first-order chi connectivity index (χ1) is 12.0. The summed E-state index contributed by atoms with van der Waals surface area (Å²) in [7, 11) is 1.76. The number of aromatic nitrogens is 1. The second kappa shape index (κ2) is 5.29. The van der Waals surface area contributed by atoms with E-state index in [-0.39, 0.29) is 0 Å². The summed E-state index contributed by atoms with van der Waals surface area (Å²) in [5.41, 5.74) is 3.71. The molecule has 4 rings (SSSR count). The Bertz CT molecular complexity index is 1110. The van der Waals surface area contributed by atoms with E-state index in [9.17, 15) is 14.4 Å². The molecule has 124 valence electrons. The Hall–Kier alpha value is -2.92. The number of halogens is 1. The van der Waals surface area contributed by atoms with Gasteiger partial charge in [0, 0.05) is 23.0 Å². The number of fused-ring (bicyclic) bond motifs is 3. The first-order valence-corrected chi connectivity index (χ1v) is 8.05. The van der Waals surface area contributed by atoms with Crippen LogP contribution in [0.5, 0.6) is 0 Å². The van der Waals surface area contributed by atoms with E-state index in [1.54, 1.807) is 36.7 Å². The molecule has 0 spiro atoms. The SMILES string of the molecule is Cc1c(C=O)n(C)c2cc(-c3ccccc3Cl)c3c(c12)C(=O)NC3=O. The summed E-state index contributed by atoms with van der Waals surface area (Å²) in [6, 6.07) is 8.96. The molecule has 2 amide bonds. The fraction of sp³-hybridized carbons (Fsp3) is 0.105. The van der Waals surface area contributed by atoms with Crippen LogP contribution < -0.4 is 5.32 Å². The molecule has 0 aliphatic carbocycles. The maximum Gasteiger partial charge on any atom is 0.259 e. The van der Waals surface area contributed by atoms with Crippen LogP contribution in [0.15, 0.2) is 30.3 Å². The monoisotopic (exact) mass is 352 g/mol. The lowest BCUT2D eigenvalue weighted by Crippen LogP contribution is -2.20. The Morgan fingerprint density at radius 3 is 2.44 bits per heavy atom. The van der Waals surface area contributed by atoms with Gasteiger partial charge in [-0.1, -0.05) is 29.8 Å². The summed E-state index contributed by atoms with van der Waals surface area (Å²) in [5, 5.41) is 3.47. The Morgan fingerprint density at radius 2 is 1.76 bits per heavy atom. The van der Waals surface area contributed by atoms with Crippen LogP contribution in [-0.4, -0.2) is 22.7 Å². The molecule has 25 heavy (non-hydrogen) atoms. The molecule has 1 aliphatic heterocycles. The van der Waals surface area contributed by atoms with Crippen molar-refractivity contribution in [2.45, 2.75) is 6.92 Å². The summed E-state index contributed by atoms with van der Waals surface area (Å²) >= 11 is 6.32. The smallest absolute Gasteiger partial charge is 0.259 e. The number of hydrogen-bond donors (Lipinski definition) is 1. The quantitative estimate of drug-likeness (QED) is 0.567. The third-order valence-electron chi connectivity index (χ3n) is 4.75. The van der Waals surface area contributed by atoms with Gasteiger partial charge in [-0.05, 0) is 30.2 Å². The summed E-state index contributed by atoms with van der Waals surface area (Å²) in [5.74, 6) is -0.905. The van der Waals surface area contributed by atoms with Gasteiger partial charge in [-0.3, -0.25) is 19.7 Å². The maximum atomic E-state index is 12.5. The number of rotatable bonds is 2. The van der Waals surface area contributed by atoms with Crippen LogP contribution in [0.25, 0.3) is 22.0 Å². The van der Waals surface area contributed by atoms with Gasteiger partial charge >= 0.3 is 0 Å². The van der Waals surface area contributed by atoms with Crippen LogP contribution in [0.1, 0.15) is 36.8 Å². The predicted molar refractivity (Wildman–Crippen MR) is 95.3 cm³/mol. The molecule has 0 fully saturated rings. The molecule has 0 atom stereocenters. The van der Waals surface area contributed by atoms with Gasteiger partial charge in [0.05, 0.1) is 22.3 Å². The molecule has 0 radical (unpaired) electrons. The molecule has 0 saturated carbocycles. The lowest BCUT2D eigenvalue weighted by molar-refractivity contribution is 0.0880. The van der Waals surface area contributed by atoms with Gasteiger partial charge in [0.25, 0.3) is 11.8 Å². The number of nitrogens with zero attached hydrogens (tertiary/aromatic N) is 1. The second-order valence-electron chi connectivity index (χ2n) is 6.02. The molecule has 3 aromatic rings. The largest absolute Gasteiger partial charge is 0.341 e. The number of carbonyl (C=O) groups is 3. The van der Waals surface area contributed by atoms with E-state index in [0.717, 1.165) is 6.29 Å². The van der Waals surface area contributed by atoms with E-state index >= 15 is 0 Å². The molecule has 5 nitrogen and oxygen atoms in total. The van der Waals surface area contributed by atoms with E-state index in [1.807, 2.05) is 12.1 Å². The Labute approximate surface area is 148 Å². The van der Waals surface area contributed by atoms with Gasteiger partial charge < -0.3 is 4.57 Å². The van der Waals surface area contributed by atoms with Crippen LogP contribution in [0.2, 0.25) is 5.02 Å². The van der Waals surface area contributed by atoms with Crippen molar-refractivity contribution in [3.8, 4) is 11.1 Å². The first kappa shape index (κ1) is 15.6. The van der Waals surface area contributed by atoms with Crippen LogP contribution in [0, 0.1) is 6.92 Å². The number of carbonyl (C=O) groups excluding carboxylic acids is 3. The van der Waals surface area contributed by atoms with Crippen molar-refractivity contribution in [3.63, 3.8) is 0 Å². The fourth-order valence-corrected chi connectivity index (χ4v) is 3.81. The lowest BCUT2D eigenvalue weighted by Gasteiger charge is -2.10. The summed E-state index contributed by atoms with van der Waals surface area (Å²) in [6.07, 6.45) is 0.756. The minimum Gasteiger partial charge on any atom is -0.341 e. The summed E-state index contributed by atoms with van der Waals surface area (Å²) in [4.78, 5) is 36.4. The number of aryl methyl sites for hydroxylation is 2. The van der Waals surface area contributed by atoms with Crippen molar-refractivity contribution < 1.29 is 14.4 Å². The Balaban J connectivity index is 2.24. The topological polar surface area (TPSA) is 68.2 Å². The van der Waals surface area contributed by atoms with Crippen molar-refractivity contribution in [3.05, 3.63) is 57.7 Å². The average Bonchev–Trinajstić information content (AvgIpc) is 3.01. The lowest BCUT2D eigenvalue weighted by atomic mass is 9.92. The highest BCUT2D eigenvalue weighted by Gasteiger charge is 2.34. The molecule has 2 aromatic carbocycles. The van der Waals surface area contributed by atoms with Crippen molar-refractivity contribution in [2.75, 3.05) is 0 Å². The number of aldehydes is 1. The molecule has 2 heterocycles. The van der Waals surface area contributed by atoms with Crippen LogP contribution >= 0.6 is 11.6 Å². The normalized spacial score (nSPS) is 13.2. The predicted octanol–water partition coefficient (Wildman–Crippen LogP) is 3.50. The zero-order valence-corrected chi connectivity index (χ0v) is 14.3. The fourth-order valence-electron chi connectivity index (χ4n) is 3.57. The number of nitrogens with one attached hydrogen (secondary N) is 1. The number of hydrogen-bond acceptors (Lipinski definition) is 3. The van der Waals surface area contributed by atoms with E-state index in [4.69, 9.17) is 11.6 Å². The van der Waals surface area contributed by atoms with Gasteiger partial charge in [0.1, 0.15) is 0 Å². The molecule has 0 unspecified atom stereocenters. The second-order valence-corrected chi connectivity index (χ2v) is 6.43. The van der Waals surface area contributed by atoms with Crippen LogP contribution in [0.3, 0.4) is 0 Å². The molecule has 0 bridgehead atoms. The third kappa shape index (κ3) is 1.99. The van der Waals surface area contributed by atoms with Crippen LogP contribution in [0.4, 0.5) is 0 Å². The van der Waals surface area contributed by atoms with Crippen molar-refractivity contribution in [1.29, 1.82) is 0 Å². The Morgan fingerprint density at radius 1 is 1.08 bits per heavy atom. The van der Waals surface area contributed by atoms with E-state index < -0.39 is 11.8 Å². The molecular weight excluding hydrogens is 340 g/mol. The summed E-state index contributed by atoms with van der Waals surface area (Å²) in [6.45, 7) is 1.78. The number of amides is 2. The van der Waals surface area contributed by atoms with Crippen molar-refractivity contribution >= 4 is 40.6 Å². The van der Waals surface area contributed by atoms with E-state index in [2.05, 4.69) is 5.32 Å². The molecule has 1 aliphatic rings. The highest BCUT2D eigenvalue weighted by atomic mass is 35.5. The minimum atomic E-state index is -0.454. The Kier molecular flexibility index (Phi) is 3.30. The minimum absolute atomic E-state index is 0.303. The average molecular weight is 353 g/mol. The third-order valence-corrected chi connectivity index (χ3v) is 5.07. The van der Waals surface area contributed by atoms with Crippen LogP contribution in [-0.2, 0) is 7.05 Å². The van der Waals surface area contributed by atoms with E-state index in [0.29, 0.717) is 49.4 Å². The highest BCUT2D eigenvalue weighted by molar-refractivity contribution is 6.35. The molecule has 0 saturated heterocycles. The standard InChI is InChI=1S/C19H13ClN2O3/c1-9-14(8-23)22(2)13-7-11(10-5-3-4-6-12(10)20)16-17(15(9)13)19(25)21-18(16)24/h3-8H,1-2H3,(H,21,24,25). The molecule has 1 aromatic heterocycles. The number of benzene rings is 2. The first-order valence-electron chi connectivity index (χ1n) is 7.67. The molecule has 6 heteroatoms. The van der Waals surface area contributed by atoms with Gasteiger partial charge in [-0.25, -0.2) is 0 Å². The zero-order valence-electron chi connectivity index (χ0n) is 13.5. The molecule has 1 N–H and O–H groups in total. The maximum absolute atomic E-state index is 12.5. The molecular formula is C19H13ClN2O3. The summed E-state index contributed by atoms with van der Waals surface area (Å²) < 4.78 is 1.73. The van der Waals surface area contributed by atoms with Gasteiger partial charge in [0.2, 0.25) is 0 Å². The van der Waals surface area contributed by atoms with Gasteiger partial charge in [-0.2, -0.15) is 0 Å². The van der Waals surface area contributed by atoms with Crippen molar-refractivity contribution in [1.82, 2.24) is 9.88 Å². The van der Waals surface area contributed by atoms with Crippen molar-refractivity contribution in [2.24, 2.45) is 7.05 Å².